The molecule has 0 saturated carbocycles. The van der Waals surface area contributed by atoms with Gasteiger partial charge in [-0.2, -0.15) is 0 Å². The number of β-amino-alcohol motifs (C(OH)–C–C–N with tert-alkyl or cyclic N) is 1. The molecule has 0 bridgehead atoms. The molecule has 2 heterocycles. The SMILES string of the molecule is Cc1cccc(N2CC[C@@H](Oc3cc(F)cc(F)c3)[C@H](O)C2)n1. The molecule has 1 aromatic heterocycles. The van der Waals surface area contributed by atoms with Crippen LogP contribution in [0.15, 0.2) is 36.4 Å². The fraction of sp³-hybridized carbons (Fsp3) is 0.353. The quantitative estimate of drug-likeness (QED) is 0.944. The molecular formula is C17H18F2N2O2. The van der Waals surface area contributed by atoms with Gasteiger partial charge < -0.3 is 14.7 Å². The number of hydrogen-bond donors (Lipinski definition) is 1. The smallest absolute Gasteiger partial charge is 0.129 e. The molecule has 1 aliphatic heterocycles. The van der Waals surface area contributed by atoms with E-state index in [9.17, 15) is 13.9 Å². The van der Waals surface area contributed by atoms with Crippen molar-refractivity contribution in [2.45, 2.75) is 25.6 Å². The summed E-state index contributed by atoms with van der Waals surface area (Å²) in [6, 6.07) is 8.74. The molecule has 0 amide bonds. The number of ether oxygens (including phenoxy) is 1. The van der Waals surface area contributed by atoms with Crippen molar-refractivity contribution in [3.8, 4) is 5.75 Å². The van der Waals surface area contributed by atoms with E-state index in [4.69, 9.17) is 4.74 Å². The van der Waals surface area contributed by atoms with E-state index in [1.165, 1.54) is 0 Å². The summed E-state index contributed by atoms with van der Waals surface area (Å²) in [5, 5.41) is 10.3. The number of pyridine rings is 1. The lowest BCUT2D eigenvalue weighted by molar-refractivity contribution is 0.0237. The lowest BCUT2D eigenvalue weighted by Gasteiger charge is -2.36. The maximum Gasteiger partial charge on any atom is 0.129 e. The number of halogens is 2. The maximum absolute atomic E-state index is 13.2. The van der Waals surface area contributed by atoms with Crippen LogP contribution in [0.1, 0.15) is 12.1 Å². The highest BCUT2D eigenvalue weighted by Crippen LogP contribution is 2.24. The summed E-state index contributed by atoms with van der Waals surface area (Å²) in [6.45, 7) is 2.92. The Morgan fingerprint density at radius 3 is 2.61 bits per heavy atom. The highest BCUT2D eigenvalue weighted by atomic mass is 19.1. The summed E-state index contributed by atoms with van der Waals surface area (Å²) in [4.78, 5) is 6.41. The first-order valence-corrected chi connectivity index (χ1v) is 7.51. The molecule has 3 rings (SSSR count). The number of nitrogens with zero attached hydrogens (tertiary/aromatic N) is 2. The van der Waals surface area contributed by atoms with Gasteiger partial charge >= 0.3 is 0 Å². The molecule has 4 nitrogen and oxygen atoms in total. The van der Waals surface area contributed by atoms with Crippen LogP contribution in [0, 0.1) is 18.6 Å². The normalized spacial score (nSPS) is 21.3. The molecule has 0 radical (unpaired) electrons. The van der Waals surface area contributed by atoms with Crippen molar-refractivity contribution in [1.82, 2.24) is 4.98 Å². The van der Waals surface area contributed by atoms with Crippen LogP contribution in [0.4, 0.5) is 14.6 Å². The van der Waals surface area contributed by atoms with Gasteiger partial charge in [0.2, 0.25) is 0 Å². The van der Waals surface area contributed by atoms with Crippen molar-refractivity contribution in [1.29, 1.82) is 0 Å². The number of aromatic nitrogens is 1. The molecule has 1 aliphatic rings. The van der Waals surface area contributed by atoms with E-state index in [0.29, 0.717) is 19.5 Å². The monoisotopic (exact) mass is 320 g/mol. The van der Waals surface area contributed by atoms with Crippen LogP contribution in [0.5, 0.6) is 5.75 Å². The van der Waals surface area contributed by atoms with E-state index in [-0.39, 0.29) is 5.75 Å². The van der Waals surface area contributed by atoms with Crippen LogP contribution in [-0.2, 0) is 0 Å². The summed E-state index contributed by atoms with van der Waals surface area (Å²) in [5.74, 6) is -0.500. The van der Waals surface area contributed by atoms with Crippen molar-refractivity contribution in [2.75, 3.05) is 18.0 Å². The van der Waals surface area contributed by atoms with Crippen LogP contribution in [0.25, 0.3) is 0 Å². The average Bonchev–Trinajstić information content (AvgIpc) is 2.48. The van der Waals surface area contributed by atoms with Gasteiger partial charge in [-0.05, 0) is 19.1 Å². The molecule has 1 N–H and O–H groups in total. The largest absolute Gasteiger partial charge is 0.487 e. The molecule has 1 fully saturated rings. The number of benzene rings is 1. The number of rotatable bonds is 3. The van der Waals surface area contributed by atoms with E-state index in [0.717, 1.165) is 29.7 Å². The third-order valence-electron chi connectivity index (χ3n) is 3.84. The van der Waals surface area contributed by atoms with Crippen molar-refractivity contribution < 1.29 is 18.6 Å². The predicted octanol–water partition coefficient (Wildman–Crippen LogP) is 2.69. The number of aliphatic hydroxyl groups excluding tert-OH is 1. The molecule has 23 heavy (non-hydrogen) atoms. The first kappa shape index (κ1) is 15.7. The Labute approximate surface area is 133 Å². The molecule has 6 heteroatoms. The third-order valence-corrected chi connectivity index (χ3v) is 3.84. The standard InChI is InChI=1S/C17H18F2N2O2/c1-11-3-2-4-17(20-11)21-6-5-16(15(22)10-21)23-14-8-12(18)7-13(19)9-14/h2-4,7-9,15-16,22H,5-6,10H2,1H3/t15-,16-/m1/s1. The third kappa shape index (κ3) is 3.76. The van der Waals surface area contributed by atoms with Gasteiger partial charge in [-0.25, -0.2) is 13.8 Å². The second-order valence-corrected chi connectivity index (χ2v) is 5.70. The zero-order valence-corrected chi connectivity index (χ0v) is 12.7. The Bertz CT molecular complexity index is 676. The van der Waals surface area contributed by atoms with Crippen molar-refractivity contribution in [3.63, 3.8) is 0 Å². The molecule has 1 saturated heterocycles. The van der Waals surface area contributed by atoms with E-state index in [1.807, 2.05) is 30.0 Å². The lowest BCUT2D eigenvalue weighted by atomic mass is 10.0. The molecular weight excluding hydrogens is 302 g/mol. The molecule has 0 aliphatic carbocycles. The van der Waals surface area contributed by atoms with E-state index < -0.39 is 23.8 Å². The van der Waals surface area contributed by atoms with Gasteiger partial charge in [0.05, 0.1) is 0 Å². The lowest BCUT2D eigenvalue weighted by Crippen LogP contribution is -2.49. The Kier molecular flexibility index (Phi) is 4.43. The number of aryl methyl sites for hydroxylation is 1. The summed E-state index contributed by atoms with van der Waals surface area (Å²) < 4.78 is 32.0. The van der Waals surface area contributed by atoms with Gasteiger partial charge in [0.15, 0.2) is 0 Å². The van der Waals surface area contributed by atoms with Crippen LogP contribution < -0.4 is 9.64 Å². The fourth-order valence-electron chi connectivity index (χ4n) is 2.73. The van der Waals surface area contributed by atoms with Crippen LogP contribution in [-0.4, -0.2) is 35.4 Å². The summed E-state index contributed by atoms with van der Waals surface area (Å²) in [5.41, 5.74) is 0.908. The van der Waals surface area contributed by atoms with Gasteiger partial charge in [-0.3, -0.25) is 0 Å². The minimum atomic E-state index is -0.766. The Balaban J connectivity index is 1.67. The number of aliphatic hydroxyl groups is 1. The van der Waals surface area contributed by atoms with Gasteiger partial charge in [-0.15, -0.1) is 0 Å². The van der Waals surface area contributed by atoms with Gasteiger partial charge in [0.1, 0.15) is 35.4 Å². The minimum absolute atomic E-state index is 0.0914. The minimum Gasteiger partial charge on any atom is -0.487 e. The number of piperidine rings is 1. The Hall–Kier alpha value is -2.21. The van der Waals surface area contributed by atoms with E-state index in [2.05, 4.69) is 4.98 Å². The molecule has 0 unspecified atom stereocenters. The van der Waals surface area contributed by atoms with E-state index in [1.54, 1.807) is 0 Å². The summed E-state index contributed by atoms with van der Waals surface area (Å²) >= 11 is 0. The zero-order chi connectivity index (χ0) is 16.4. The topological polar surface area (TPSA) is 45.6 Å². The molecule has 2 atom stereocenters. The van der Waals surface area contributed by atoms with Crippen LogP contribution >= 0.6 is 0 Å². The first-order chi connectivity index (χ1) is 11.0. The number of hydrogen-bond acceptors (Lipinski definition) is 4. The zero-order valence-electron chi connectivity index (χ0n) is 12.7. The Morgan fingerprint density at radius 2 is 1.96 bits per heavy atom. The molecule has 0 spiro atoms. The van der Waals surface area contributed by atoms with Gasteiger partial charge in [-0.1, -0.05) is 6.07 Å². The second-order valence-electron chi connectivity index (χ2n) is 5.70. The highest BCUT2D eigenvalue weighted by molar-refractivity contribution is 5.40. The van der Waals surface area contributed by atoms with Gasteiger partial charge in [0.25, 0.3) is 0 Å². The maximum atomic E-state index is 13.2. The van der Waals surface area contributed by atoms with Crippen molar-refractivity contribution in [2.24, 2.45) is 0 Å². The molecule has 122 valence electrons. The summed E-state index contributed by atoms with van der Waals surface area (Å²) in [6.07, 6.45) is -0.732. The van der Waals surface area contributed by atoms with Gasteiger partial charge in [0, 0.05) is 43.4 Å². The number of anilines is 1. The predicted molar refractivity (Wildman–Crippen MR) is 82.6 cm³/mol. The van der Waals surface area contributed by atoms with Crippen molar-refractivity contribution >= 4 is 5.82 Å². The molecule has 1 aromatic carbocycles. The fourth-order valence-corrected chi connectivity index (χ4v) is 2.73. The first-order valence-electron chi connectivity index (χ1n) is 7.51. The molecule has 2 aromatic rings. The summed E-state index contributed by atoms with van der Waals surface area (Å²) in [7, 11) is 0. The van der Waals surface area contributed by atoms with Crippen LogP contribution in [0.3, 0.4) is 0 Å². The second kappa shape index (κ2) is 6.50. The average molecular weight is 320 g/mol. The van der Waals surface area contributed by atoms with E-state index >= 15 is 0 Å². The van der Waals surface area contributed by atoms with Crippen molar-refractivity contribution in [3.05, 3.63) is 53.7 Å². The Morgan fingerprint density at radius 1 is 1.22 bits per heavy atom. The highest BCUT2D eigenvalue weighted by Gasteiger charge is 2.30. The van der Waals surface area contributed by atoms with Crippen LogP contribution in [0.2, 0.25) is 0 Å².